The number of rotatable bonds is 10. The minimum atomic E-state index is -1.83. The lowest BCUT2D eigenvalue weighted by Crippen LogP contribution is -2.47. The van der Waals surface area contributed by atoms with Gasteiger partial charge in [0.25, 0.3) is 0 Å². The van der Waals surface area contributed by atoms with Gasteiger partial charge >= 0.3 is 0 Å². The van der Waals surface area contributed by atoms with Crippen LogP contribution >= 0.6 is 0 Å². The molecule has 5 heteroatoms. The summed E-state index contributed by atoms with van der Waals surface area (Å²) in [5.74, 6) is 0.693. The fourth-order valence-electron chi connectivity index (χ4n) is 2.22. The summed E-state index contributed by atoms with van der Waals surface area (Å²) in [7, 11) is -3.58. The van der Waals surface area contributed by atoms with Gasteiger partial charge in [0.1, 0.15) is 0 Å². The van der Waals surface area contributed by atoms with Gasteiger partial charge in [-0.25, -0.2) is 0 Å². The number of aliphatic hydroxyl groups is 1. The number of hydrogen-bond acceptors (Lipinski definition) is 3. The van der Waals surface area contributed by atoms with Gasteiger partial charge in [0.05, 0.1) is 0 Å². The molecule has 0 unspecified atom stereocenters. The van der Waals surface area contributed by atoms with E-state index in [-0.39, 0.29) is 22.8 Å². The molecule has 1 N–H and O–H groups in total. The second kappa shape index (κ2) is 9.68. The molecule has 0 amide bonds. The predicted octanol–water partition coefficient (Wildman–Crippen LogP) is 6.44. The van der Waals surface area contributed by atoms with Crippen LogP contribution in [0.15, 0.2) is 0 Å². The zero-order valence-corrected chi connectivity index (χ0v) is 21.8. The molecular formula is C21H48O3Si2. The van der Waals surface area contributed by atoms with Crippen LogP contribution in [0.2, 0.25) is 36.3 Å². The van der Waals surface area contributed by atoms with E-state index in [1.807, 2.05) is 0 Å². The van der Waals surface area contributed by atoms with Crippen LogP contribution in [0.4, 0.5) is 0 Å². The molecule has 0 aliphatic heterocycles. The highest BCUT2D eigenvalue weighted by Crippen LogP contribution is 2.40. The van der Waals surface area contributed by atoms with Gasteiger partial charge in [0, 0.05) is 25.2 Å². The van der Waals surface area contributed by atoms with Crippen LogP contribution in [0, 0.1) is 11.8 Å². The molecule has 0 spiro atoms. The van der Waals surface area contributed by atoms with E-state index in [0.717, 1.165) is 19.4 Å². The predicted molar refractivity (Wildman–Crippen MR) is 120 cm³/mol. The third-order valence-corrected chi connectivity index (χ3v) is 15.7. The second-order valence-electron chi connectivity index (χ2n) is 11.3. The van der Waals surface area contributed by atoms with Crippen molar-refractivity contribution in [2.24, 2.45) is 11.8 Å². The maximum atomic E-state index is 9.40. The third kappa shape index (κ3) is 8.13. The van der Waals surface area contributed by atoms with Gasteiger partial charge in [0.15, 0.2) is 16.6 Å². The Kier molecular flexibility index (Phi) is 9.80. The lowest BCUT2D eigenvalue weighted by atomic mass is 9.97. The van der Waals surface area contributed by atoms with E-state index in [1.165, 1.54) is 0 Å². The average molecular weight is 405 g/mol. The second-order valence-corrected chi connectivity index (χ2v) is 20.9. The van der Waals surface area contributed by atoms with E-state index in [9.17, 15) is 5.11 Å². The summed E-state index contributed by atoms with van der Waals surface area (Å²) in [5, 5.41) is 9.83. The van der Waals surface area contributed by atoms with Gasteiger partial charge in [-0.05, 0) is 55.0 Å². The smallest absolute Gasteiger partial charge is 0.192 e. The Bertz CT molecular complexity index is 408. The van der Waals surface area contributed by atoms with E-state index >= 15 is 0 Å². The summed E-state index contributed by atoms with van der Waals surface area (Å²) in [6.07, 6.45) is 2.20. The van der Waals surface area contributed by atoms with Crippen molar-refractivity contribution in [1.82, 2.24) is 0 Å². The van der Waals surface area contributed by atoms with E-state index < -0.39 is 16.6 Å². The Morgan fingerprint density at radius 3 is 1.65 bits per heavy atom. The van der Waals surface area contributed by atoms with Crippen molar-refractivity contribution < 1.29 is 14.0 Å². The Hall–Kier alpha value is 0.314. The van der Waals surface area contributed by atoms with Crippen LogP contribution < -0.4 is 0 Å². The lowest BCUT2D eigenvalue weighted by molar-refractivity contribution is 0.0737. The molecule has 0 aliphatic rings. The normalized spacial score (nSPS) is 17.9. The maximum Gasteiger partial charge on any atom is 0.192 e. The fourth-order valence-corrected chi connectivity index (χ4v) is 4.79. The molecule has 0 fully saturated rings. The van der Waals surface area contributed by atoms with Gasteiger partial charge in [-0.2, -0.15) is 0 Å². The van der Waals surface area contributed by atoms with E-state index in [4.69, 9.17) is 8.85 Å². The first-order valence-corrected chi connectivity index (χ1v) is 16.2. The van der Waals surface area contributed by atoms with Gasteiger partial charge in [-0.3, -0.25) is 0 Å². The van der Waals surface area contributed by atoms with E-state index in [1.54, 1.807) is 0 Å². The largest absolute Gasteiger partial charge is 0.416 e. The minimum Gasteiger partial charge on any atom is -0.416 e. The van der Waals surface area contributed by atoms with Crippen molar-refractivity contribution in [2.45, 2.75) is 111 Å². The van der Waals surface area contributed by atoms with Gasteiger partial charge in [-0.1, -0.05) is 55.4 Å². The van der Waals surface area contributed by atoms with Crippen LogP contribution in [-0.4, -0.2) is 41.1 Å². The molecule has 0 heterocycles. The van der Waals surface area contributed by atoms with Crippen molar-refractivity contribution in [2.75, 3.05) is 13.2 Å². The maximum absolute atomic E-state index is 9.40. The van der Waals surface area contributed by atoms with Gasteiger partial charge in [-0.15, -0.1) is 0 Å². The molecule has 0 saturated carbocycles. The summed E-state index contributed by atoms with van der Waals surface area (Å²) in [4.78, 5) is 0. The molecule has 158 valence electrons. The summed E-state index contributed by atoms with van der Waals surface area (Å²) < 4.78 is 13.3. The van der Waals surface area contributed by atoms with Crippen LogP contribution in [-0.2, 0) is 8.85 Å². The molecule has 3 atom stereocenters. The van der Waals surface area contributed by atoms with Gasteiger partial charge < -0.3 is 14.0 Å². The van der Waals surface area contributed by atoms with Crippen LogP contribution in [0.5, 0.6) is 0 Å². The average Bonchev–Trinajstić information content (AvgIpc) is 2.46. The monoisotopic (exact) mass is 404 g/mol. The van der Waals surface area contributed by atoms with Crippen molar-refractivity contribution in [3.05, 3.63) is 0 Å². The van der Waals surface area contributed by atoms with E-state index in [0.29, 0.717) is 11.8 Å². The highest BCUT2D eigenvalue weighted by molar-refractivity contribution is 6.74. The summed E-state index contributed by atoms with van der Waals surface area (Å²) in [6, 6.07) is 0. The fraction of sp³-hybridized carbons (Fsp3) is 1.00. The summed E-state index contributed by atoms with van der Waals surface area (Å²) in [5.41, 5.74) is 0. The highest BCUT2D eigenvalue weighted by Gasteiger charge is 2.41. The Morgan fingerprint density at radius 1 is 0.808 bits per heavy atom. The lowest BCUT2D eigenvalue weighted by Gasteiger charge is -2.42. The molecule has 26 heavy (non-hydrogen) atoms. The molecule has 0 rings (SSSR count). The molecule has 0 aromatic rings. The van der Waals surface area contributed by atoms with Crippen molar-refractivity contribution in [1.29, 1.82) is 0 Å². The highest BCUT2D eigenvalue weighted by atomic mass is 28.4. The minimum absolute atomic E-state index is 0.202. The van der Waals surface area contributed by atoms with Crippen LogP contribution in [0.3, 0.4) is 0 Å². The Labute approximate surface area is 166 Å². The topological polar surface area (TPSA) is 38.7 Å². The SMILES string of the molecule is C[C@@H](CO)CC[C@H](O[Si](C)(C)C(C)(C)C)[C@@H](C)CO[Si](C)(C)C(C)(C)C. The molecule has 0 aromatic carbocycles. The standard InChI is InChI=1S/C21H48O3Si2/c1-17(15-22)13-14-19(24-26(11,12)21(6,7)8)18(2)16-23-25(9,10)20(3,4)5/h17-19,22H,13-16H2,1-12H3/t17-,18+,19+/m1/s1. The first-order valence-electron chi connectivity index (χ1n) is 10.4. The summed E-state index contributed by atoms with van der Waals surface area (Å²) in [6.45, 7) is 28.4. The first kappa shape index (κ1) is 26.3. The molecule has 3 nitrogen and oxygen atoms in total. The van der Waals surface area contributed by atoms with Crippen LogP contribution in [0.25, 0.3) is 0 Å². The Morgan fingerprint density at radius 2 is 1.27 bits per heavy atom. The Balaban J connectivity index is 5.14. The number of hydrogen-bond donors (Lipinski definition) is 1. The first-order chi connectivity index (χ1) is 11.4. The zero-order chi connectivity index (χ0) is 21.0. The zero-order valence-electron chi connectivity index (χ0n) is 19.8. The van der Waals surface area contributed by atoms with Crippen molar-refractivity contribution in [3.8, 4) is 0 Å². The third-order valence-electron chi connectivity index (χ3n) is 6.66. The van der Waals surface area contributed by atoms with Gasteiger partial charge in [0.2, 0.25) is 0 Å². The molecular weight excluding hydrogens is 356 g/mol. The number of aliphatic hydroxyl groups excluding tert-OH is 1. The van der Waals surface area contributed by atoms with Crippen molar-refractivity contribution >= 4 is 16.6 Å². The van der Waals surface area contributed by atoms with E-state index in [2.05, 4.69) is 81.6 Å². The molecule has 0 bridgehead atoms. The van der Waals surface area contributed by atoms with Crippen LogP contribution in [0.1, 0.15) is 68.2 Å². The molecule has 0 radical (unpaired) electrons. The summed E-state index contributed by atoms with van der Waals surface area (Å²) >= 11 is 0. The quantitative estimate of drug-likeness (QED) is 0.425. The molecule has 0 saturated heterocycles. The van der Waals surface area contributed by atoms with Crippen molar-refractivity contribution in [3.63, 3.8) is 0 Å². The molecule has 0 aliphatic carbocycles. The molecule has 0 aromatic heterocycles.